The minimum Gasteiger partial charge on any atom is -0.497 e. The third-order valence-electron chi connectivity index (χ3n) is 5.06. The van der Waals surface area contributed by atoms with E-state index < -0.39 is 17.8 Å². The number of carbonyl (C=O) groups excluding carboxylic acids is 2. The average molecular weight is 478 g/mol. The summed E-state index contributed by atoms with van der Waals surface area (Å²) in [6, 6.07) is 14.2. The van der Waals surface area contributed by atoms with Crippen molar-refractivity contribution in [1.82, 2.24) is 5.32 Å². The Morgan fingerprint density at radius 1 is 1.06 bits per heavy atom. The molecule has 0 atom stereocenters. The van der Waals surface area contributed by atoms with Crippen LogP contribution in [0.3, 0.4) is 0 Å². The second-order valence-electron chi connectivity index (χ2n) is 7.08. The number of thiocarbonyl (C=S) groups is 1. The van der Waals surface area contributed by atoms with Crippen LogP contribution in [0.2, 0.25) is 0 Å². The lowest BCUT2D eigenvalue weighted by Gasteiger charge is -2.29. The molecule has 3 aromatic rings. The molecule has 9 nitrogen and oxygen atoms in total. The van der Waals surface area contributed by atoms with Gasteiger partial charge in [-0.1, -0.05) is 12.1 Å². The molecule has 1 aromatic heterocycles. The molecule has 2 aromatic carbocycles. The van der Waals surface area contributed by atoms with Gasteiger partial charge in [-0.2, -0.15) is 0 Å². The third kappa shape index (κ3) is 4.26. The second kappa shape index (κ2) is 9.20. The highest BCUT2D eigenvalue weighted by Crippen LogP contribution is 2.34. The lowest BCUT2D eigenvalue weighted by Crippen LogP contribution is -2.54. The first kappa shape index (κ1) is 22.7. The Bertz CT molecular complexity index is 1340. The SMILES string of the molecule is COc1ccc(N2C(=O)/C(=C/c3ccc(-c4ccc(C(=O)O)cc4)o3)C(=O)NC2=S)c(OC)c1. The minimum absolute atomic E-state index is 0.0886. The van der Waals surface area contributed by atoms with Crippen LogP contribution in [-0.4, -0.2) is 42.2 Å². The number of hydrogen-bond donors (Lipinski definition) is 2. The van der Waals surface area contributed by atoms with Crippen LogP contribution in [0.15, 0.2) is 64.6 Å². The van der Waals surface area contributed by atoms with E-state index in [9.17, 15) is 14.4 Å². The number of nitrogens with one attached hydrogen (secondary N) is 1. The van der Waals surface area contributed by atoms with Crippen LogP contribution in [-0.2, 0) is 9.59 Å². The van der Waals surface area contributed by atoms with Crippen molar-refractivity contribution < 1.29 is 33.4 Å². The summed E-state index contributed by atoms with van der Waals surface area (Å²) in [5, 5.41) is 11.5. The summed E-state index contributed by atoms with van der Waals surface area (Å²) in [4.78, 5) is 38.0. The Labute approximate surface area is 199 Å². The fourth-order valence-corrected chi connectivity index (χ4v) is 3.62. The molecular formula is C24H18N2O7S. The zero-order chi connectivity index (χ0) is 24.4. The molecule has 0 spiro atoms. The number of carboxylic acids is 1. The molecule has 1 aliphatic heterocycles. The zero-order valence-corrected chi connectivity index (χ0v) is 18.8. The van der Waals surface area contributed by atoms with Gasteiger partial charge in [0.05, 0.1) is 25.5 Å². The molecule has 34 heavy (non-hydrogen) atoms. The number of anilines is 1. The summed E-state index contributed by atoms with van der Waals surface area (Å²) < 4.78 is 16.3. The monoisotopic (exact) mass is 478 g/mol. The van der Waals surface area contributed by atoms with E-state index in [1.165, 1.54) is 32.4 Å². The average Bonchev–Trinajstić information content (AvgIpc) is 3.30. The van der Waals surface area contributed by atoms with Crippen LogP contribution in [0, 0.1) is 0 Å². The maximum absolute atomic E-state index is 13.3. The molecule has 0 bridgehead atoms. The maximum Gasteiger partial charge on any atom is 0.335 e. The molecule has 10 heteroatoms. The molecule has 1 fully saturated rings. The van der Waals surface area contributed by atoms with Crippen molar-refractivity contribution in [2.75, 3.05) is 19.1 Å². The van der Waals surface area contributed by atoms with Gasteiger partial charge >= 0.3 is 5.97 Å². The van der Waals surface area contributed by atoms with Crippen LogP contribution in [0.4, 0.5) is 5.69 Å². The number of aromatic carboxylic acids is 1. The largest absolute Gasteiger partial charge is 0.497 e. The lowest BCUT2D eigenvalue weighted by atomic mass is 10.1. The summed E-state index contributed by atoms with van der Waals surface area (Å²) in [5.41, 5.74) is 0.934. The number of nitrogens with zero attached hydrogens (tertiary/aromatic N) is 1. The van der Waals surface area contributed by atoms with Crippen LogP contribution >= 0.6 is 12.2 Å². The van der Waals surface area contributed by atoms with Gasteiger partial charge in [0.2, 0.25) is 0 Å². The van der Waals surface area contributed by atoms with E-state index in [0.29, 0.717) is 28.5 Å². The van der Waals surface area contributed by atoms with Crippen molar-refractivity contribution in [3.63, 3.8) is 0 Å². The van der Waals surface area contributed by atoms with E-state index in [-0.39, 0.29) is 22.0 Å². The topological polar surface area (TPSA) is 118 Å². The van der Waals surface area contributed by atoms with Gasteiger partial charge in [-0.15, -0.1) is 0 Å². The Morgan fingerprint density at radius 3 is 2.44 bits per heavy atom. The van der Waals surface area contributed by atoms with Gasteiger partial charge in [0, 0.05) is 11.6 Å². The van der Waals surface area contributed by atoms with Crippen molar-refractivity contribution in [1.29, 1.82) is 0 Å². The summed E-state index contributed by atoms with van der Waals surface area (Å²) >= 11 is 5.24. The predicted octanol–water partition coefficient (Wildman–Crippen LogP) is 3.49. The fraction of sp³-hybridized carbons (Fsp3) is 0.0833. The molecule has 172 valence electrons. The van der Waals surface area contributed by atoms with Crippen LogP contribution < -0.4 is 19.7 Å². The second-order valence-corrected chi connectivity index (χ2v) is 7.47. The third-order valence-corrected chi connectivity index (χ3v) is 5.34. The van der Waals surface area contributed by atoms with E-state index >= 15 is 0 Å². The van der Waals surface area contributed by atoms with Gasteiger partial charge in [-0.25, -0.2) is 9.69 Å². The number of benzene rings is 2. The van der Waals surface area contributed by atoms with E-state index in [4.69, 9.17) is 31.2 Å². The number of amides is 2. The van der Waals surface area contributed by atoms with Crippen molar-refractivity contribution in [3.05, 3.63) is 71.5 Å². The van der Waals surface area contributed by atoms with Crippen molar-refractivity contribution >= 4 is 46.9 Å². The molecule has 0 unspecified atom stereocenters. The van der Waals surface area contributed by atoms with Gasteiger partial charge in [-0.05, 0) is 54.7 Å². The number of rotatable bonds is 6. The number of furan rings is 1. The Balaban J connectivity index is 1.66. The van der Waals surface area contributed by atoms with Crippen LogP contribution in [0.5, 0.6) is 11.5 Å². The summed E-state index contributed by atoms with van der Waals surface area (Å²) in [6.07, 6.45) is 1.32. The molecule has 0 radical (unpaired) electrons. The molecular weight excluding hydrogens is 460 g/mol. The maximum atomic E-state index is 13.3. The molecule has 0 aliphatic carbocycles. The summed E-state index contributed by atoms with van der Waals surface area (Å²) in [6.45, 7) is 0. The summed E-state index contributed by atoms with van der Waals surface area (Å²) in [5.74, 6) is -0.800. The molecule has 1 aliphatic rings. The molecule has 1 saturated heterocycles. The summed E-state index contributed by atoms with van der Waals surface area (Å²) in [7, 11) is 2.95. The highest BCUT2D eigenvalue weighted by Gasteiger charge is 2.36. The van der Waals surface area contributed by atoms with Gasteiger partial charge < -0.3 is 19.0 Å². The van der Waals surface area contributed by atoms with Crippen molar-refractivity contribution in [2.45, 2.75) is 0 Å². The standard InChI is InChI=1S/C24H18N2O7S/c1-31-15-7-9-18(20(12-15)32-2)26-22(28)17(21(27)25-24(26)34)11-16-8-10-19(33-16)13-3-5-14(6-4-13)23(29)30/h3-12H,1-2H3,(H,29,30)(H,25,27,34)/b17-11+. The molecule has 2 amide bonds. The van der Waals surface area contributed by atoms with E-state index in [1.54, 1.807) is 42.5 Å². The van der Waals surface area contributed by atoms with Crippen LogP contribution in [0.25, 0.3) is 17.4 Å². The molecule has 0 saturated carbocycles. The predicted molar refractivity (Wildman–Crippen MR) is 127 cm³/mol. The number of carbonyl (C=O) groups is 3. The first-order chi connectivity index (χ1) is 16.3. The number of carboxylic acid groups (broad SMARTS) is 1. The number of hydrogen-bond acceptors (Lipinski definition) is 7. The molecule has 4 rings (SSSR count). The number of methoxy groups -OCH3 is 2. The first-order valence-corrected chi connectivity index (χ1v) is 10.3. The minimum atomic E-state index is -1.03. The molecule has 2 heterocycles. The smallest absolute Gasteiger partial charge is 0.335 e. The van der Waals surface area contributed by atoms with Crippen LogP contribution in [0.1, 0.15) is 16.1 Å². The lowest BCUT2D eigenvalue weighted by molar-refractivity contribution is -0.122. The van der Waals surface area contributed by atoms with Gasteiger partial charge in [0.25, 0.3) is 11.8 Å². The quantitative estimate of drug-likeness (QED) is 0.314. The van der Waals surface area contributed by atoms with E-state index in [1.807, 2.05) is 0 Å². The fourth-order valence-electron chi connectivity index (χ4n) is 3.35. The Morgan fingerprint density at radius 2 is 1.79 bits per heavy atom. The Hall–Kier alpha value is -4.44. The van der Waals surface area contributed by atoms with Crippen molar-refractivity contribution in [3.8, 4) is 22.8 Å². The zero-order valence-electron chi connectivity index (χ0n) is 18.0. The van der Waals surface area contributed by atoms with Gasteiger partial charge in [0.1, 0.15) is 28.6 Å². The number of ether oxygens (including phenoxy) is 2. The van der Waals surface area contributed by atoms with Gasteiger partial charge in [0.15, 0.2) is 5.11 Å². The first-order valence-electron chi connectivity index (χ1n) is 9.89. The Kier molecular flexibility index (Phi) is 6.15. The molecule has 2 N–H and O–H groups in total. The highest BCUT2D eigenvalue weighted by atomic mass is 32.1. The highest BCUT2D eigenvalue weighted by molar-refractivity contribution is 7.80. The van der Waals surface area contributed by atoms with Gasteiger partial charge in [-0.3, -0.25) is 14.9 Å². The normalized spacial score (nSPS) is 14.8. The van der Waals surface area contributed by atoms with E-state index in [2.05, 4.69) is 5.32 Å². The van der Waals surface area contributed by atoms with E-state index in [0.717, 1.165) is 4.90 Å². The van der Waals surface area contributed by atoms with Crippen molar-refractivity contribution in [2.24, 2.45) is 0 Å².